The minimum absolute atomic E-state index is 0.307. The van der Waals surface area contributed by atoms with Crippen LogP contribution in [-0.4, -0.2) is 24.2 Å². The molecule has 2 N–H and O–H groups in total. The van der Waals surface area contributed by atoms with E-state index in [4.69, 9.17) is 0 Å². The van der Waals surface area contributed by atoms with Crippen LogP contribution in [0.3, 0.4) is 0 Å². The van der Waals surface area contributed by atoms with E-state index in [1.807, 2.05) is 0 Å². The molecule has 2 atom stereocenters. The molecule has 14 heavy (non-hydrogen) atoms. The second-order valence-corrected chi connectivity index (χ2v) is 5.37. The van der Waals surface area contributed by atoms with Crippen molar-refractivity contribution in [3.05, 3.63) is 0 Å². The highest BCUT2D eigenvalue weighted by Crippen LogP contribution is 2.21. The number of hydrogen-bond acceptors (Lipinski definition) is 2. The third-order valence-electron chi connectivity index (χ3n) is 3.00. The fraction of sp³-hybridized carbons (Fsp3) is 1.00. The zero-order valence-electron chi connectivity index (χ0n) is 10.2. The molecule has 0 aromatic rings. The Bertz CT molecular complexity index is 166. The van der Waals surface area contributed by atoms with Crippen molar-refractivity contribution in [2.24, 2.45) is 0 Å². The quantitative estimate of drug-likeness (QED) is 0.677. The lowest BCUT2D eigenvalue weighted by molar-refractivity contribution is 0.207. The molecule has 0 amide bonds. The average Bonchev–Trinajstić information content (AvgIpc) is 2.00. The molecule has 0 bridgehead atoms. The first-order valence-corrected chi connectivity index (χ1v) is 6.04. The van der Waals surface area contributed by atoms with E-state index >= 15 is 0 Å². The Balaban J connectivity index is 2.30. The summed E-state index contributed by atoms with van der Waals surface area (Å²) in [5.41, 5.74) is 0.307. The summed E-state index contributed by atoms with van der Waals surface area (Å²) in [7, 11) is 0. The molecular formula is C12H26N2. The zero-order valence-corrected chi connectivity index (χ0v) is 10.2. The van der Waals surface area contributed by atoms with Crippen LogP contribution in [0.1, 0.15) is 53.4 Å². The molecule has 2 unspecified atom stereocenters. The van der Waals surface area contributed by atoms with E-state index in [0.29, 0.717) is 17.6 Å². The maximum Gasteiger partial charge on any atom is 0.0142 e. The lowest BCUT2D eigenvalue weighted by Crippen LogP contribution is -2.56. The summed E-state index contributed by atoms with van der Waals surface area (Å²) in [5, 5.41) is 7.30. The fourth-order valence-corrected chi connectivity index (χ4v) is 2.55. The standard InChI is InChI=1S/C12H26N2/c1-5-6-7-13-11-8-10(2)14-12(3,4)9-11/h10-11,13-14H,5-9H2,1-4H3. The number of rotatable bonds is 4. The van der Waals surface area contributed by atoms with Crippen molar-refractivity contribution in [3.63, 3.8) is 0 Å². The van der Waals surface area contributed by atoms with E-state index in [1.54, 1.807) is 0 Å². The van der Waals surface area contributed by atoms with Crippen LogP contribution in [0, 0.1) is 0 Å². The van der Waals surface area contributed by atoms with E-state index in [-0.39, 0.29) is 0 Å². The molecule has 0 aromatic heterocycles. The van der Waals surface area contributed by atoms with Crippen LogP contribution in [0.15, 0.2) is 0 Å². The Morgan fingerprint density at radius 3 is 2.71 bits per heavy atom. The molecule has 0 aliphatic carbocycles. The van der Waals surface area contributed by atoms with Gasteiger partial charge in [0.1, 0.15) is 0 Å². The topological polar surface area (TPSA) is 24.1 Å². The summed E-state index contributed by atoms with van der Waals surface area (Å²) in [6, 6.07) is 1.37. The molecular weight excluding hydrogens is 172 g/mol. The molecule has 1 saturated heterocycles. The number of hydrogen-bond donors (Lipinski definition) is 2. The summed E-state index contributed by atoms with van der Waals surface area (Å²) >= 11 is 0. The maximum atomic E-state index is 3.67. The predicted molar refractivity (Wildman–Crippen MR) is 62.6 cm³/mol. The molecule has 0 spiro atoms. The largest absolute Gasteiger partial charge is 0.314 e. The van der Waals surface area contributed by atoms with Crippen molar-refractivity contribution < 1.29 is 0 Å². The van der Waals surface area contributed by atoms with Gasteiger partial charge in [0.25, 0.3) is 0 Å². The normalized spacial score (nSPS) is 31.7. The molecule has 2 nitrogen and oxygen atoms in total. The van der Waals surface area contributed by atoms with E-state index in [0.717, 1.165) is 0 Å². The van der Waals surface area contributed by atoms with Gasteiger partial charge in [-0.25, -0.2) is 0 Å². The van der Waals surface area contributed by atoms with Crippen LogP contribution in [0.25, 0.3) is 0 Å². The first-order valence-electron chi connectivity index (χ1n) is 6.04. The molecule has 0 radical (unpaired) electrons. The van der Waals surface area contributed by atoms with Crippen molar-refractivity contribution >= 4 is 0 Å². The van der Waals surface area contributed by atoms with Gasteiger partial charge in [-0.15, -0.1) is 0 Å². The molecule has 1 rings (SSSR count). The Morgan fingerprint density at radius 1 is 1.43 bits per heavy atom. The molecule has 1 heterocycles. The first kappa shape index (κ1) is 12.0. The molecule has 1 fully saturated rings. The number of piperidine rings is 1. The first-order chi connectivity index (χ1) is 6.53. The van der Waals surface area contributed by atoms with Gasteiger partial charge in [0.05, 0.1) is 0 Å². The second-order valence-electron chi connectivity index (χ2n) is 5.37. The van der Waals surface area contributed by atoms with Gasteiger partial charge in [0.2, 0.25) is 0 Å². The van der Waals surface area contributed by atoms with Gasteiger partial charge >= 0.3 is 0 Å². The minimum Gasteiger partial charge on any atom is -0.314 e. The van der Waals surface area contributed by atoms with Crippen LogP contribution >= 0.6 is 0 Å². The van der Waals surface area contributed by atoms with Crippen molar-refractivity contribution in [3.8, 4) is 0 Å². The van der Waals surface area contributed by atoms with Gasteiger partial charge in [-0.2, -0.15) is 0 Å². The lowest BCUT2D eigenvalue weighted by atomic mass is 9.86. The lowest BCUT2D eigenvalue weighted by Gasteiger charge is -2.40. The minimum atomic E-state index is 0.307. The van der Waals surface area contributed by atoms with E-state index < -0.39 is 0 Å². The predicted octanol–water partition coefficient (Wildman–Crippen LogP) is 2.30. The van der Waals surface area contributed by atoms with Crippen LogP contribution in [-0.2, 0) is 0 Å². The molecule has 84 valence electrons. The third-order valence-corrected chi connectivity index (χ3v) is 3.00. The summed E-state index contributed by atoms with van der Waals surface area (Å²) in [6.07, 6.45) is 5.11. The van der Waals surface area contributed by atoms with Crippen molar-refractivity contribution in [1.82, 2.24) is 10.6 Å². The third kappa shape index (κ3) is 3.97. The molecule has 1 aliphatic rings. The summed E-state index contributed by atoms with van der Waals surface area (Å²) in [4.78, 5) is 0. The summed E-state index contributed by atoms with van der Waals surface area (Å²) in [5.74, 6) is 0. The highest BCUT2D eigenvalue weighted by molar-refractivity contribution is 4.92. The van der Waals surface area contributed by atoms with Crippen LogP contribution in [0.5, 0.6) is 0 Å². The highest BCUT2D eigenvalue weighted by Gasteiger charge is 2.30. The Labute approximate surface area is 88.8 Å². The van der Waals surface area contributed by atoms with Crippen LogP contribution in [0.4, 0.5) is 0 Å². The van der Waals surface area contributed by atoms with Gasteiger partial charge in [0, 0.05) is 17.6 Å². The highest BCUT2D eigenvalue weighted by atomic mass is 15.0. The average molecular weight is 198 g/mol. The Kier molecular flexibility index (Phi) is 4.39. The summed E-state index contributed by atoms with van der Waals surface area (Å²) in [6.45, 7) is 10.3. The van der Waals surface area contributed by atoms with Crippen molar-refractivity contribution in [1.29, 1.82) is 0 Å². The molecule has 1 aliphatic heterocycles. The monoisotopic (exact) mass is 198 g/mol. The van der Waals surface area contributed by atoms with Crippen molar-refractivity contribution in [2.45, 2.75) is 71.0 Å². The Hall–Kier alpha value is -0.0800. The van der Waals surface area contributed by atoms with Gasteiger partial charge in [-0.3, -0.25) is 0 Å². The summed E-state index contributed by atoms with van der Waals surface area (Å²) < 4.78 is 0. The van der Waals surface area contributed by atoms with Crippen LogP contribution < -0.4 is 10.6 Å². The van der Waals surface area contributed by atoms with Gasteiger partial charge in [-0.1, -0.05) is 13.3 Å². The number of unbranched alkanes of at least 4 members (excludes halogenated alkanes) is 1. The van der Waals surface area contributed by atoms with Gasteiger partial charge < -0.3 is 10.6 Å². The molecule has 2 heteroatoms. The van der Waals surface area contributed by atoms with E-state index in [1.165, 1.54) is 32.2 Å². The molecule has 0 saturated carbocycles. The number of nitrogens with one attached hydrogen (secondary N) is 2. The van der Waals surface area contributed by atoms with Crippen LogP contribution in [0.2, 0.25) is 0 Å². The van der Waals surface area contributed by atoms with Crippen molar-refractivity contribution in [2.75, 3.05) is 6.54 Å². The Morgan fingerprint density at radius 2 is 2.14 bits per heavy atom. The molecule has 0 aromatic carbocycles. The maximum absolute atomic E-state index is 3.67. The van der Waals surface area contributed by atoms with E-state index in [2.05, 4.69) is 38.3 Å². The van der Waals surface area contributed by atoms with Gasteiger partial charge in [0.15, 0.2) is 0 Å². The van der Waals surface area contributed by atoms with E-state index in [9.17, 15) is 0 Å². The SMILES string of the molecule is CCCCNC1CC(C)NC(C)(C)C1. The van der Waals surface area contributed by atoms with Gasteiger partial charge in [-0.05, 0) is 46.6 Å². The zero-order chi connectivity index (χ0) is 10.6. The second kappa shape index (κ2) is 5.13. The fourth-order valence-electron chi connectivity index (χ4n) is 2.55. The smallest absolute Gasteiger partial charge is 0.0142 e.